The molecular weight excluding hydrogens is 629 g/mol. The summed E-state index contributed by atoms with van der Waals surface area (Å²) in [6, 6.07) is 9.58. The van der Waals surface area contributed by atoms with Crippen LogP contribution in [0.4, 0.5) is 48.3 Å². The quantitative estimate of drug-likeness (QED) is 0.120. The number of benzene rings is 4. The lowest BCUT2D eigenvalue weighted by molar-refractivity contribution is -0.191. The number of ether oxygens (including phenoxy) is 3. The first kappa shape index (κ1) is 33.1. The third kappa shape index (κ3) is 7.67. The van der Waals surface area contributed by atoms with Gasteiger partial charge in [0.25, 0.3) is 6.43 Å². The molecular formula is C31H19F11O3. The summed E-state index contributed by atoms with van der Waals surface area (Å²) in [5.74, 6) is -13.1. The molecule has 4 aromatic carbocycles. The highest BCUT2D eigenvalue weighted by Gasteiger charge is 2.43. The van der Waals surface area contributed by atoms with E-state index in [2.05, 4.69) is 14.2 Å². The van der Waals surface area contributed by atoms with Gasteiger partial charge in [-0.25, -0.2) is 30.7 Å². The maximum Gasteiger partial charge on any atom is 0.432 e. The largest absolute Gasteiger partial charge is 0.459 e. The minimum Gasteiger partial charge on any atom is -0.459 e. The van der Waals surface area contributed by atoms with Gasteiger partial charge in [-0.1, -0.05) is 37.3 Å². The lowest BCUT2D eigenvalue weighted by atomic mass is 10.0. The lowest BCUT2D eigenvalue weighted by Gasteiger charge is -2.22. The van der Waals surface area contributed by atoms with Gasteiger partial charge in [-0.2, -0.15) is 17.6 Å². The molecule has 0 aliphatic carbocycles. The van der Waals surface area contributed by atoms with Crippen molar-refractivity contribution in [2.45, 2.75) is 32.0 Å². The van der Waals surface area contributed by atoms with Crippen molar-refractivity contribution in [2.75, 3.05) is 0 Å². The van der Waals surface area contributed by atoms with E-state index < -0.39 is 76.1 Å². The van der Waals surface area contributed by atoms with Crippen LogP contribution in [-0.4, -0.2) is 6.43 Å². The normalized spacial score (nSPS) is 12.2. The third-order valence-corrected chi connectivity index (χ3v) is 6.16. The van der Waals surface area contributed by atoms with E-state index in [-0.39, 0.29) is 42.2 Å². The summed E-state index contributed by atoms with van der Waals surface area (Å²) in [5.41, 5.74) is -1.73. The number of alkyl halides is 6. The Morgan fingerprint density at radius 2 is 1.16 bits per heavy atom. The first-order chi connectivity index (χ1) is 21.1. The van der Waals surface area contributed by atoms with E-state index in [9.17, 15) is 48.3 Å². The summed E-state index contributed by atoms with van der Waals surface area (Å²) < 4.78 is 168. The maximum atomic E-state index is 14.8. The fourth-order valence-electron chi connectivity index (χ4n) is 4.03. The van der Waals surface area contributed by atoms with Crippen LogP contribution in [0.1, 0.15) is 23.6 Å². The van der Waals surface area contributed by atoms with Crippen LogP contribution in [0.15, 0.2) is 79.1 Å². The van der Waals surface area contributed by atoms with Gasteiger partial charge < -0.3 is 14.2 Å². The van der Waals surface area contributed by atoms with Crippen molar-refractivity contribution < 1.29 is 62.5 Å². The molecule has 4 aromatic rings. The molecule has 0 saturated heterocycles. The topological polar surface area (TPSA) is 27.7 Å². The van der Waals surface area contributed by atoms with Crippen LogP contribution in [0, 0.1) is 29.1 Å². The molecule has 0 radical (unpaired) electrons. The van der Waals surface area contributed by atoms with Crippen molar-refractivity contribution in [3.63, 3.8) is 0 Å². The van der Waals surface area contributed by atoms with Gasteiger partial charge in [0.1, 0.15) is 34.5 Å². The molecule has 0 amide bonds. The SMILES string of the molecule is CCc1ccc(-c2ccc(C(F)(F)Oc3cc(F)c(C(F)(F)Oc4cc(F)c(O/C=C/C(F)F)c(F)c4)c(F)c3)c(F)c2)cc1. The average Bonchev–Trinajstić information content (AvgIpc) is 2.93. The molecule has 0 aliphatic heterocycles. The second kappa shape index (κ2) is 13.1. The summed E-state index contributed by atoms with van der Waals surface area (Å²) >= 11 is 0. The monoisotopic (exact) mass is 648 g/mol. The highest BCUT2D eigenvalue weighted by Crippen LogP contribution is 2.40. The van der Waals surface area contributed by atoms with E-state index in [0.717, 1.165) is 24.1 Å². The fourth-order valence-corrected chi connectivity index (χ4v) is 4.03. The second-order valence-electron chi connectivity index (χ2n) is 9.24. The minimum atomic E-state index is -4.98. The number of hydrogen-bond donors (Lipinski definition) is 0. The fraction of sp³-hybridized carbons (Fsp3) is 0.161. The summed E-state index contributed by atoms with van der Waals surface area (Å²) in [6.45, 7) is 1.92. The van der Waals surface area contributed by atoms with Gasteiger partial charge in [0.05, 0.1) is 11.8 Å². The molecule has 0 atom stereocenters. The predicted molar refractivity (Wildman–Crippen MR) is 139 cm³/mol. The molecule has 14 heteroatoms. The smallest absolute Gasteiger partial charge is 0.432 e. The molecule has 0 saturated carbocycles. The molecule has 0 fully saturated rings. The Hall–Kier alpha value is -4.75. The van der Waals surface area contributed by atoms with E-state index in [4.69, 9.17) is 0 Å². The number of allylic oxidation sites excluding steroid dienone is 1. The Morgan fingerprint density at radius 1 is 0.644 bits per heavy atom. The average molecular weight is 648 g/mol. The first-order valence-corrected chi connectivity index (χ1v) is 12.7. The van der Waals surface area contributed by atoms with Crippen molar-refractivity contribution in [3.8, 4) is 28.4 Å². The molecule has 0 bridgehead atoms. The van der Waals surface area contributed by atoms with Gasteiger partial charge in [0.15, 0.2) is 17.4 Å². The van der Waals surface area contributed by atoms with Crippen LogP contribution in [0.3, 0.4) is 0 Å². The van der Waals surface area contributed by atoms with E-state index in [1.54, 1.807) is 24.3 Å². The molecule has 45 heavy (non-hydrogen) atoms. The van der Waals surface area contributed by atoms with Gasteiger partial charge in [0, 0.05) is 30.3 Å². The van der Waals surface area contributed by atoms with Crippen molar-refractivity contribution in [2.24, 2.45) is 0 Å². The molecule has 0 aromatic heterocycles. The van der Waals surface area contributed by atoms with Gasteiger partial charge in [-0.15, -0.1) is 0 Å². The van der Waals surface area contributed by atoms with Crippen LogP contribution in [0.2, 0.25) is 0 Å². The number of halogens is 11. The predicted octanol–water partition coefficient (Wildman–Crippen LogP) is 10.0. The standard InChI is InChI=1S/C31H19F11O3/c1-2-16-3-5-17(6-4-16)18-7-8-21(22(32)11-18)30(39,40)44-19-12-23(33)28(24(34)13-19)31(41,42)45-20-14-25(35)29(26(36)15-20)43-10-9-27(37)38/h3-15,27H,2H2,1H3/b10-9+. The molecule has 0 N–H and O–H groups in total. The van der Waals surface area contributed by atoms with Crippen LogP contribution < -0.4 is 14.2 Å². The molecule has 4 rings (SSSR count). The Kier molecular flexibility index (Phi) is 9.64. The zero-order valence-electron chi connectivity index (χ0n) is 22.7. The second-order valence-corrected chi connectivity index (χ2v) is 9.24. The molecule has 238 valence electrons. The van der Waals surface area contributed by atoms with Crippen LogP contribution in [0.25, 0.3) is 11.1 Å². The number of hydrogen-bond acceptors (Lipinski definition) is 3. The number of aryl methyl sites for hydroxylation is 1. The van der Waals surface area contributed by atoms with Crippen molar-refractivity contribution in [3.05, 3.63) is 125 Å². The highest BCUT2D eigenvalue weighted by atomic mass is 19.3. The van der Waals surface area contributed by atoms with Crippen LogP contribution >= 0.6 is 0 Å². The Labute approximate surface area is 248 Å². The molecule has 0 heterocycles. The van der Waals surface area contributed by atoms with E-state index >= 15 is 0 Å². The minimum absolute atomic E-state index is 0.0569. The van der Waals surface area contributed by atoms with Crippen LogP contribution in [-0.2, 0) is 18.6 Å². The summed E-state index contributed by atoms with van der Waals surface area (Å²) in [5, 5.41) is 0. The zero-order chi connectivity index (χ0) is 33.1. The number of rotatable bonds is 11. The van der Waals surface area contributed by atoms with Crippen molar-refractivity contribution >= 4 is 0 Å². The zero-order valence-corrected chi connectivity index (χ0v) is 22.7. The van der Waals surface area contributed by atoms with Crippen molar-refractivity contribution in [1.29, 1.82) is 0 Å². The Morgan fingerprint density at radius 3 is 1.67 bits per heavy atom. The van der Waals surface area contributed by atoms with E-state index in [0.29, 0.717) is 11.6 Å². The Bertz CT molecular complexity index is 1660. The van der Waals surface area contributed by atoms with Gasteiger partial charge >= 0.3 is 12.2 Å². The molecule has 3 nitrogen and oxygen atoms in total. The highest BCUT2D eigenvalue weighted by molar-refractivity contribution is 5.64. The van der Waals surface area contributed by atoms with Gasteiger partial charge in [0.2, 0.25) is 0 Å². The molecule has 0 aliphatic rings. The Balaban J connectivity index is 1.54. The molecule has 0 spiro atoms. The van der Waals surface area contributed by atoms with E-state index in [1.807, 2.05) is 6.92 Å². The summed E-state index contributed by atoms with van der Waals surface area (Å²) in [6.07, 6.45) is -11.5. The summed E-state index contributed by atoms with van der Waals surface area (Å²) in [4.78, 5) is 0. The lowest BCUT2D eigenvalue weighted by Crippen LogP contribution is -2.26. The third-order valence-electron chi connectivity index (χ3n) is 6.16. The van der Waals surface area contributed by atoms with Gasteiger partial charge in [-0.05, 0) is 35.2 Å². The first-order valence-electron chi connectivity index (χ1n) is 12.7. The summed E-state index contributed by atoms with van der Waals surface area (Å²) in [7, 11) is 0. The molecule has 0 unspecified atom stereocenters. The van der Waals surface area contributed by atoms with E-state index in [1.165, 1.54) is 0 Å². The van der Waals surface area contributed by atoms with Crippen LogP contribution in [0.5, 0.6) is 17.2 Å². The maximum absolute atomic E-state index is 14.8. The van der Waals surface area contributed by atoms with Crippen molar-refractivity contribution in [1.82, 2.24) is 0 Å². The van der Waals surface area contributed by atoms with Gasteiger partial charge in [-0.3, -0.25) is 0 Å².